The van der Waals surface area contributed by atoms with Gasteiger partial charge in [0.1, 0.15) is 7.05 Å². The fraction of sp³-hybridized carbons (Fsp3) is 0.423. The van der Waals surface area contributed by atoms with Crippen LogP contribution in [0.3, 0.4) is 0 Å². The Balaban J connectivity index is 0. The van der Waals surface area contributed by atoms with Gasteiger partial charge in [-0.15, -0.1) is 6.92 Å². The molecule has 2 aromatic rings. The third-order valence-electron chi connectivity index (χ3n) is 5.94. The van der Waals surface area contributed by atoms with Crippen molar-refractivity contribution in [3.63, 3.8) is 0 Å². The molecular weight excluding hydrogens is 518 g/mol. The predicted molar refractivity (Wildman–Crippen MR) is 122 cm³/mol. The molecule has 0 unspecified atom stereocenters. The summed E-state index contributed by atoms with van der Waals surface area (Å²) in [6, 6.07) is 6.76. The van der Waals surface area contributed by atoms with Gasteiger partial charge in [0.25, 0.3) is 0 Å². The molecule has 2 nitrogen and oxygen atoms in total. The summed E-state index contributed by atoms with van der Waals surface area (Å²) in [6.07, 6.45) is 5.95. The van der Waals surface area contributed by atoms with E-state index in [1.807, 2.05) is 30.5 Å². The van der Waals surface area contributed by atoms with Crippen molar-refractivity contribution in [2.45, 2.75) is 62.3 Å². The van der Waals surface area contributed by atoms with E-state index < -0.39 is 0 Å². The quantitative estimate of drug-likeness (QED) is 0.194. The molecule has 0 aliphatic heterocycles. The van der Waals surface area contributed by atoms with E-state index in [2.05, 4.69) is 86.5 Å². The van der Waals surface area contributed by atoms with Crippen LogP contribution in [0.4, 0.5) is 11.4 Å². The second-order valence-corrected chi connectivity index (χ2v) is 7.45. The Kier molecular flexibility index (Phi) is 15.1. The maximum atomic E-state index is 3.64. The molecule has 0 aliphatic carbocycles. The van der Waals surface area contributed by atoms with Crippen LogP contribution in [-0.4, -0.2) is 24.9 Å². The molecule has 2 rings (SSSR count). The number of anilines is 1. The molecule has 158 valence electrons. The number of hydrogen-bond acceptors (Lipinski definition) is 1. The van der Waals surface area contributed by atoms with Gasteiger partial charge >= 0.3 is 0 Å². The van der Waals surface area contributed by atoms with Gasteiger partial charge in [0.2, 0.25) is 0 Å². The normalized spacial score (nSPS) is 10.3. The number of nitrogens with zero attached hydrogens (tertiary/aromatic N) is 2. The second-order valence-electron chi connectivity index (χ2n) is 7.45. The summed E-state index contributed by atoms with van der Waals surface area (Å²) in [5.74, 6) is 0. The Morgan fingerprint density at radius 3 is 1.60 bits per heavy atom. The topological polar surface area (TPSA) is 6.25 Å². The molecule has 0 N–H and O–H groups in total. The van der Waals surface area contributed by atoms with Crippen molar-refractivity contribution in [2.24, 2.45) is 0 Å². The molecule has 0 saturated carbocycles. The molecule has 4 heteroatoms. The summed E-state index contributed by atoms with van der Waals surface area (Å²) >= 11 is 0. The van der Waals surface area contributed by atoms with Gasteiger partial charge in [-0.2, -0.15) is 51.7 Å². The van der Waals surface area contributed by atoms with Crippen molar-refractivity contribution < 1.29 is 70.0 Å². The molecule has 0 heterocycles. The minimum absolute atomic E-state index is 0. The SMILES string of the molecule is C=[C-]N(C)c1[c-]c(C)c(C)c(C)c1C.C[C-]=[N+](C)c1[c-]c(C)c(C)c(C)c1C.[Y].[Y]. The van der Waals surface area contributed by atoms with Crippen LogP contribution in [0, 0.1) is 73.7 Å². The molecule has 2 radical (unpaired) electrons. The molecule has 0 aromatic heterocycles. The average molecular weight is 553 g/mol. The maximum absolute atomic E-state index is 3.64. The Morgan fingerprint density at radius 1 is 0.733 bits per heavy atom. The van der Waals surface area contributed by atoms with Gasteiger partial charge in [-0.05, 0) is 7.05 Å². The monoisotopic (exact) mass is 553 g/mol. The summed E-state index contributed by atoms with van der Waals surface area (Å²) in [5.41, 5.74) is 12.5. The van der Waals surface area contributed by atoms with E-state index >= 15 is 0 Å². The Hall–Kier alpha value is -0.142. The second kappa shape index (κ2) is 14.1. The van der Waals surface area contributed by atoms with E-state index in [1.165, 1.54) is 44.5 Å². The van der Waals surface area contributed by atoms with Gasteiger partial charge in [-0.3, -0.25) is 6.07 Å². The molecule has 2 aromatic carbocycles. The van der Waals surface area contributed by atoms with Crippen molar-refractivity contribution in [1.82, 2.24) is 0 Å². The van der Waals surface area contributed by atoms with E-state index in [0.29, 0.717) is 0 Å². The van der Waals surface area contributed by atoms with Crippen molar-refractivity contribution in [3.8, 4) is 0 Å². The van der Waals surface area contributed by atoms with Crippen molar-refractivity contribution >= 4 is 17.6 Å². The molecule has 0 amide bonds. The fourth-order valence-electron chi connectivity index (χ4n) is 3.07. The van der Waals surface area contributed by atoms with Crippen LogP contribution in [0.1, 0.15) is 51.4 Å². The van der Waals surface area contributed by atoms with Crippen molar-refractivity contribution in [1.29, 1.82) is 0 Å². The maximum Gasteiger partial charge on any atom is 0.103 e. The number of hydrogen-bond donors (Lipinski definition) is 0. The molecule has 30 heavy (non-hydrogen) atoms. The van der Waals surface area contributed by atoms with E-state index in [-0.39, 0.29) is 65.4 Å². The minimum Gasteiger partial charge on any atom is -0.534 e. The molecule has 0 spiro atoms. The van der Waals surface area contributed by atoms with Crippen LogP contribution < -0.4 is 4.90 Å². The smallest absolute Gasteiger partial charge is 0.103 e. The van der Waals surface area contributed by atoms with Gasteiger partial charge in [-0.25, -0.2) is 17.3 Å². The average Bonchev–Trinajstić information content (AvgIpc) is 2.69. The largest absolute Gasteiger partial charge is 0.534 e. The fourth-order valence-corrected chi connectivity index (χ4v) is 3.07. The third-order valence-corrected chi connectivity index (χ3v) is 5.94. The first-order chi connectivity index (χ1) is 13.0. The van der Waals surface area contributed by atoms with Crippen molar-refractivity contribution in [3.05, 3.63) is 69.4 Å². The minimum atomic E-state index is 0. The number of aryl methyl sites for hydroxylation is 2. The zero-order valence-corrected chi connectivity index (χ0v) is 26.4. The predicted octanol–water partition coefficient (Wildman–Crippen LogP) is 6.06. The Bertz CT molecular complexity index is 912. The summed E-state index contributed by atoms with van der Waals surface area (Å²) < 4.78 is 1.99. The Labute approximate surface area is 236 Å². The van der Waals surface area contributed by atoms with Crippen LogP contribution in [0.25, 0.3) is 0 Å². The summed E-state index contributed by atoms with van der Waals surface area (Å²) in [6.45, 7) is 22.6. The zero-order valence-electron chi connectivity index (χ0n) is 20.8. The summed E-state index contributed by atoms with van der Waals surface area (Å²) in [7, 11) is 3.95. The van der Waals surface area contributed by atoms with E-state index in [4.69, 9.17) is 0 Å². The molecule has 0 saturated heterocycles. The van der Waals surface area contributed by atoms with Crippen LogP contribution in [-0.2, 0) is 65.4 Å². The Morgan fingerprint density at radius 2 is 1.17 bits per heavy atom. The van der Waals surface area contributed by atoms with Crippen molar-refractivity contribution in [2.75, 3.05) is 19.0 Å². The van der Waals surface area contributed by atoms with E-state index in [1.54, 1.807) is 0 Å². The van der Waals surface area contributed by atoms with Gasteiger partial charge in [-0.1, -0.05) is 61.1 Å². The van der Waals surface area contributed by atoms with Crippen LogP contribution in [0.2, 0.25) is 0 Å². The molecule has 0 bridgehead atoms. The van der Waals surface area contributed by atoms with Crippen LogP contribution in [0.15, 0.2) is 6.58 Å². The van der Waals surface area contributed by atoms with Gasteiger partial charge in [0.05, 0.1) is 0 Å². The summed E-state index contributed by atoms with van der Waals surface area (Å²) in [4.78, 5) is 1.88. The molecule has 0 aliphatic rings. The van der Waals surface area contributed by atoms with E-state index in [9.17, 15) is 0 Å². The first-order valence-electron chi connectivity index (χ1n) is 9.64. The first kappa shape index (κ1) is 32.0. The van der Waals surface area contributed by atoms with Crippen LogP contribution in [0.5, 0.6) is 0 Å². The van der Waals surface area contributed by atoms with Gasteiger partial charge < -0.3 is 9.48 Å². The molecule has 0 atom stereocenters. The van der Waals surface area contributed by atoms with Crippen LogP contribution >= 0.6 is 0 Å². The molecular formula is C26H35N2Y2-3. The van der Waals surface area contributed by atoms with E-state index in [0.717, 1.165) is 11.4 Å². The first-order valence-corrected chi connectivity index (χ1v) is 9.64. The number of benzene rings is 2. The standard InChI is InChI=1S/C13H18N.C13H17N.2Y/c2*1-7-14(6)13-8-9(2)10(3)11(4)12(13)5;;/h1-6H3;1H2,2-6H3;;/q-1;-2;;. The third kappa shape index (κ3) is 7.47. The van der Waals surface area contributed by atoms with Gasteiger partial charge in [0.15, 0.2) is 0 Å². The zero-order chi connectivity index (χ0) is 21.8. The molecule has 0 fully saturated rings. The number of rotatable bonds is 3. The van der Waals surface area contributed by atoms with Gasteiger partial charge in [0, 0.05) is 71.6 Å². The summed E-state index contributed by atoms with van der Waals surface area (Å²) in [5, 5.41) is 0.